The Bertz CT molecular complexity index is 716. The van der Waals surface area contributed by atoms with E-state index in [-0.39, 0.29) is 16.9 Å². The number of nitro groups is 1. The highest BCUT2D eigenvalue weighted by atomic mass is 19.1. The molecule has 1 atom stereocenters. The molecule has 114 valence electrons. The predicted octanol–water partition coefficient (Wildman–Crippen LogP) is 3.23. The molecule has 0 heterocycles. The van der Waals surface area contributed by atoms with Crippen molar-refractivity contribution in [3.8, 4) is 0 Å². The topological polar surface area (TPSA) is 95.5 Å². The number of halogens is 1. The van der Waals surface area contributed by atoms with E-state index < -0.39 is 22.8 Å². The molecular formula is C15H13FN2O4. The number of anilines is 1. The maximum absolute atomic E-state index is 12.9. The summed E-state index contributed by atoms with van der Waals surface area (Å²) >= 11 is 0. The van der Waals surface area contributed by atoms with Crippen LogP contribution in [0.2, 0.25) is 0 Å². The number of carbonyl (C=O) groups excluding carboxylic acids is 1. The van der Waals surface area contributed by atoms with Crippen molar-refractivity contribution in [1.82, 2.24) is 0 Å². The van der Waals surface area contributed by atoms with E-state index in [2.05, 4.69) is 0 Å². The summed E-state index contributed by atoms with van der Waals surface area (Å²) in [6.45, 7) is 1.62. The van der Waals surface area contributed by atoms with E-state index in [0.29, 0.717) is 5.56 Å². The van der Waals surface area contributed by atoms with Crippen LogP contribution in [-0.2, 0) is 4.74 Å². The van der Waals surface area contributed by atoms with Crippen LogP contribution in [0.3, 0.4) is 0 Å². The Balaban J connectivity index is 2.16. The maximum atomic E-state index is 12.9. The molecule has 0 radical (unpaired) electrons. The van der Waals surface area contributed by atoms with Gasteiger partial charge in [0.25, 0.3) is 5.69 Å². The molecule has 0 amide bonds. The Morgan fingerprint density at radius 1 is 1.27 bits per heavy atom. The van der Waals surface area contributed by atoms with Crippen molar-refractivity contribution < 1.29 is 18.8 Å². The fourth-order valence-corrected chi connectivity index (χ4v) is 1.86. The quantitative estimate of drug-likeness (QED) is 0.405. The van der Waals surface area contributed by atoms with Crippen molar-refractivity contribution in [3.05, 3.63) is 69.5 Å². The van der Waals surface area contributed by atoms with E-state index in [0.717, 1.165) is 6.07 Å². The first-order valence-electron chi connectivity index (χ1n) is 6.39. The van der Waals surface area contributed by atoms with Crippen LogP contribution in [-0.4, -0.2) is 10.9 Å². The molecule has 2 aromatic carbocycles. The molecule has 2 aromatic rings. The molecule has 0 aromatic heterocycles. The number of carbonyl (C=O) groups is 1. The van der Waals surface area contributed by atoms with Crippen LogP contribution in [0, 0.1) is 15.9 Å². The van der Waals surface area contributed by atoms with E-state index in [1.807, 2.05) is 0 Å². The summed E-state index contributed by atoms with van der Waals surface area (Å²) in [6, 6.07) is 9.20. The molecule has 0 unspecified atom stereocenters. The Kier molecular flexibility index (Phi) is 4.36. The first kappa shape index (κ1) is 15.4. The average Bonchev–Trinajstić information content (AvgIpc) is 2.47. The summed E-state index contributed by atoms with van der Waals surface area (Å²) in [4.78, 5) is 22.2. The van der Waals surface area contributed by atoms with Gasteiger partial charge >= 0.3 is 5.97 Å². The molecule has 7 heteroatoms. The molecule has 2 rings (SSSR count). The minimum atomic E-state index is -0.722. The summed E-state index contributed by atoms with van der Waals surface area (Å²) in [6.07, 6.45) is -0.621. The molecule has 0 bridgehead atoms. The van der Waals surface area contributed by atoms with Crippen molar-refractivity contribution in [2.75, 3.05) is 5.73 Å². The Labute approximate surface area is 125 Å². The Morgan fingerprint density at radius 2 is 1.91 bits per heavy atom. The normalized spacial score (nSPS) is 11.7. The number of esters is 1. The SMILES string of the molecule is C[C@H](OC(=O)c1ccc(N)c([N+](=O)[O-])c1)c1ccc(F)cc1. The van der Waals surface area contributed by atoms with Gasteiger partial charge in [0, 0.05) is 6.07 Å². The van der Waals surface area contributed by atoms with Crippen LogP contribution in [0.1, 0.15) is 28.9 Å². The summed E-state index contributed by atoms with van der Waals surface area (Å²) in [5, 5.41) is 10.8. The number of hydrogen-bond acceptors (Lipinski definition) is 5. The van der Waals surface area contributed by atoms with Gasteiger partial charge in [0.1, 0.15) is 17.6 Å². The van der Waals surface area contributed by atoms with Gasteiger partial charge in [-0.25, -0.2) is 9.18 Å². The van der Waals surface area contributed by atoms with Gasteiger partial charge in [0.05, 0.1) is 10.5 Å². The van der Waals surface area contributed by atoms with E-state index in [1.165, 1.54) is 36.4 Å². The first-order valence-corrected chi connectivity index (χ1v) is 6.39. The fraction of sp³-hybridized carbons (Fsp3) is 0.133. The highest BCUT2D eigenvalue weighted by Gasteiger charge is 2.18. The van der Waals surface area contributed by atoms with Crippen molar-refractivity contribution in [2.24, 2.45) is 0 Å². The van der Waals surface area contributed by atoms with Gasteiger partial charge in [-0.2, -0.15) is 0 Å². The number of benzene rings is 2. The number of nitro benzene ring substituents is 1. The predicted molar refractivity (Wildman–Crippen MR) is 77.7 cm³/mol. The van der Waals surface area contributed by atoms with Gasteiger partial charge in [-0.1, -0.05) is 12.1 Å². The van der Waals surface area contributed by atoms with Gasteiger partial charge in [0.15, 0.2) is 0 Å². The molecule has 0 saturated carbocycles. The zero-order chi connectivity index (χ0) is 16.3. The second kappa shape index (κ2) is 6.21. The highest BCUT2D eigenvalue weighted by Crippen LogP contribution is 2.24. The molecule has 0 spiro atoms. The third-order valence-electron chi connectivity index (χ3n) is 3.09. The number of rotatable bonds is 4. The summed E-state index contributed by atoms with van der Waals surface area (Å²) in [5.74, 6) is -1.11. The highest BCUT2D eigenvalue weighted by molar-refractivity contribution is 5.91. The van der Waals surface area contributed by atoms with Crippen LogP contribution in [0.25, 0.3) is 0 Å². The smallest absolute Gasteiger partial charge is 0.338 e. The largest absolute Gasteiger partial charge is 0.454 e. The van der Waals surface area contributed by atoms with Crippen molar-refractivity contribution in [2.45, 2.75) is 13.0 Å². The van der Waals surface area contributed by atoms with Crippen LogP contribution >= 0.6 is 0 Å². The number of nitrogen functional groups attached to an aromatic ring is 1. The number of hydrogen-bond donors (Lipinski definition) is 1. The monoisotopic (exact) mass is 304 g/mol. The lowest BCUT2D eigenvalue weighted by Crippen LogP contribution is -2.10. The zero-order valence-corrected chi connectivity index (χ0v) is 11.7. The van der Waals surface area contributed by atoms with Crippen LogP contribution < -0.4 is 5.73 Å². The Morgan fingerprint density at radius 3 is 2.50 bits per heavy atom. The van der Waals surface area contributed by atoms with Crippen LogP contribution in [0.5, 0.6) is 0 Å². The molecule has 0 fully saturated rings. The maximum Gasteiger partial charge on any atom is 0.338 e. The van der Waals surface area contributed by atoms with Crippen LogP contribution in [0.15, 0.2) is 42.5 Å². The molecule has 6 nitrogen and oxygen atoms in total. The lowest BCUT2D eigenvalue weighted by molar-refractivity contribution is -0.383. The molecule has 22 heavy (non-hydrogen) atoms. The zero-order valence-electron chi connectivity index (χ0n) is 11.7. The second-order valence-corrected chi connectivity index (χ2v) is 4.63. The minimum absolute atomic E-state index is 0.0230. The van der Waals surface area contributed by atoms with Gasteiger partial charge in [-0.05, 0) is 36.8 Å². The van der Waals surface area contributed by atoms with Crippen molar-refractivity contribution >= 4 is 17.3 Å². The second-order valence-electron chi connectivity index (χ2n) is 4.63. The van der Waals surface area contributed by atoms with Gasteiger partial charge < -0.3 is 10.5 Å². The standard InChI is InChI=1S/C15H13FN2O4/c1-9(10-2-5-12(16)6-3-10)22-15(19)11-4-7-13(17)14(8-11)18(20)21/h2-9H,17H2,1H3/t9-/m0/s1. The summed E-state index contributed by atoms with van der Waals surface area (Å²) in [5.41, 5.74) is 5.71. The molecule has 2 N–H and O–H groups in total. The molecule has 0 aliphatic rings. The number of ether oxygens (including phenoxy) is 1. The lowest BCUT2D eigenvalue weighted by atomic mass is 10.1. The van der Waals surface area contributed by atoms with E-state index in [4.69, 9.17) is 10.5 Å². The van der Waals surface area contributed by atoms with Gasteiger partial charge in [-0.3, -0.25) is 10.1 Å². The van der Waals surface area contributed by atoms with E-state index in [9.17, 15) is 19.3 Å². The van der Waals surface area contributed by atoms with Crippen molar-refractivity contribution in [1.29, 1.82) is 0 Å². The Hall–Kier alpha value is -2.96. The molecular weight excluding hydrogens is 291 g/mol. The third kappa shape index (κ3) is 3.38. The molecule has 0 aliphatic carbocycles. The number of nitrogens with zero attached hydrogens (tertiary/aromatic N) is 1. The average molecular weight is 304 g/mol. The molecule has 0 saturated heterocycles. The van der Waals surface area contributed by atoms with Crippen LogP contribution in [0.4, 0.5) is 15.8 Å². The summed E-state index contributed by atoms with van der Waals surface area (Å²) in [7, 11) is 0. The first-order chi connectivity index (χ1) is 10.4. The van der Waals surface area contributed by atoms with E-state index in [1.54, 1.807) is 6.92 Å². The number of nitrogens with two attached hydrogens (primary N) is 1. The third-order valence-corrected chi connectivity index (χ3v) is 3.09. The molecule has 0 aliphatic heterocycles. The van der Waals surface area contributed by atoms with Crippen molar-refractivity contribution in [3.63, 3.8) is 0 Å². The fourth-order valence-electron chi connectivity index (χ4n) is 1.86. The summed E-state index contributed by atoms with van der Waals surface area (Å²) < 4.78 is 18.1. The lowest BCUT2D eigenvalue weighted by Gasteiger charge is -2.13. The van der Waals surface area contributed by atoms with Gasteiger partial charge in [-0.15, -0.1) is 0 Å². The minimum Gasteiger partial charge on any atom is -0.454 e. The van der Waals surface area contributed by atoms with Gasteiger partial charge in [0.2, 0.25) is 0 Å². The van der Waals surface area contributed by atoms with E-state index >= 15 is 0 Å².